The third-order valence-corrected chi connectivity index (χ3v) is 6.02. The van der Waals surface area contributed by atoms with E-state index in [0.717, 1.165) is 71.3 Å². The summed E-state index contributed by atoms with van der Waals surface area (Å²) in [6, 6.07) is 0.657. The topological polar surface area (TPSA) is 43.3 Å². The summed E-state index contributed by atoms with van der Waals surface area (Å²) in [6.45, 7) is 14.6. The number of rotatable bonds is 7. The monoisotopic (exact) mass is 481 g/mol. The molecular formula is C19H40IN5O. The van der Waals surface area contributed by atoms with Crippen molar-refractivity contribution < 1.29 is 4.74 Å². The SMILES string of the molecule is CCNC(=NCC1(N(C)C)CCOCC1)N1CCC(N(CC)CC)C1.I. The van der Waals surface area contributed by atoms with Crippen molar-refractivity contribution in [1.82, 2.24) is 20.0 Å². The van der Waals surface area contributed by atoms with Crippen molar-refractivity contribution in [2.45, 2.75) is 51.6 Å². The number of hydrogen-bond donors (Lipinski definition) is 1. The minimum atomic E-state index is 0. The number of halogens is 1. The molecule has 0 aromatic carbocycles. The highest BCUT2D eigenvalue weighted by atomic mass is 127. The van der Waals surface area contributed by atoms with E-state index in [1.165, 1.54) is 6.42 Å². The molecule has 2 aliphatic heterocycles. The molecule has 1 atom stereocenters. The molecule has 6 nitrogen and oxygen atoms in total. The van der Waals surface area contributed by atoms with Gasteiger partial charge in [0.05, 0.1) is 6.54 Å². The predicted octanol–water partition coefficient (Wildman–Crippen LogP) is 2.10. The molecule has 0 bridgehead atoms. The lowest BCUT2D eigenvalue weighted by atomic mass is 9.89. The summed E-state index contributed by atoms with van der Waals surface area (Å²) in [7, 11) is 4.36. The normalized spacial score (nSPS) is 23.4. The molecule has 0 aromatic heterocycles. The van der Waals surface area contributed by atoms with Crippen molar-refractivity contribution in [3.63, 3.8) is 0 Å². The van der Waals surface area contributed by atoms with E-state index in [1.54, 1.807) is 0 Å². The molecule has 26 heavy (non-hydrogen) atoms. The Hall–Kier alpha value is -0.120. The minimum Gasteiger partial charge on any atom is -0.381 e. The van der Waals surface area contributed by atoms with Gasteiger partial charge in [0.1, 0.15) is 0 Å². The van der Waals surface area contributed by atoms with Crippen LogP contribution < -0.4 is 5.32 Å². The van der Waals surface area contributed by atoms with Crippen LogP contribution in [0.2, 0.25) is 0 Å². The fraction of sp³-hybridized carbons (Fsp3) is 0.947. The maximum atomic E-state index is 5.59. The molecule has 0 radical (unpaired) electrons. The third-order valence-electron chi connectivity index (χ3n) is 6.02. The van der Waals surface area contributed by atoms with E-state index in [9.17, 15) is 0 Å². The maximum Gasteiger partial charge on any atom is 0.194 e. The molecule has 0 spiro atoms. The molecule has 0 aromatic rings. The van der Waals surface area contributed by atoms with Gasteiger partial charge in [-0.15, -0.1) is 24.0 Å². The van der Waals surface area contributed by atoms with Crippen molar-refractivity contribution in [3.8, 4) is 0 Å². The van der Waals surface area contributed by atoms with Gasteiger partial charge >= 0.3 is 0 Å². The zero-order chi connectivity index (χ0) is 18.3. The van der Waals surface area contributed by atoms with Crippen LogP contribution in [0.25, 0.3) is 0 Å². The first-order chi connectivity index (χ1) is 12.1. The van der Waals surface area contributed by atoms with Gasteiger partial charge < -0.3 is 19.9 Å². The Kier molecular flexibility index (Phi) is 10.7. The Morgan fingerprint density at radius 2 is 1.85 bits per heavy atom. The van der Waals surface area contributed by atoms with Gasteiger partial charge in [-0.1, -0.05) is 13.8 Å². The average Bonchev–Trinajstić information content (AvgIpc) is 3.10. The highest BCUT2D eigenvalue weighted by Gasteiger charge is 2.35. The number of likely N-dealkylation sites (N-methyl/N-ethyl adjacent to an activating group) is 2. The van der Waals surface area contributed by atoms with Crippen molar-refractivity contribution in [2.75, 3.05) is 66.6 Å². The summed E-state index contributed by atoms with van der Waals surface area (Å²) in [5.74, 6) is 1.09. The molecule has 154 valence electrons. The van der Waals surface area contributed by atoms with Gasteiger partial charge in [0, 0.05) is 44.4 Å². The molecule has 0 aliphatic carbocycles. The smallest absolute Gasteiger partial charge is 0.194 e. The molecule has 1 unspecified atom stereocenters. The molecule has 2 rings (SSSR count). The van der Waals surface area contributed by atoms with Crippen LogP contribution >= 0.6 is 24.0 Å². The second-order valence-electron chi connectivity index (χ2n) is 7.51. The molecule has 0 amide bonds. The molecule has 2 heterocycles. The van der Waals surface area contributed by atoms with Gasteiger partial charge in [0.2, 0.25) is 0 Å². The van der Waals surface area contributed by atoms with Crippen molar-refractivity contribution >= 4 is 29.9 Å². The Balaban J connectivity index is 0.00000338. The van der Waals surface area contributed by atoms with Crippen LogP contribution in [0.3, 0.4) is 0 Å². The van der Waals surface area contributed by atoms with Crippen molar-refractivity contribution in [3.05, 3.63) is 0 Å². The molecule has 1 N–H and O–H groups in total. The van der Waals surface area contributed by atoms with E-state index >= 15 is 0 Å². The fourth-order valence-electron chi connectivity index (χ4n) is 4.12. The molecular weight excluding hydrogens is 441 g/mol. The van der Waals surface area contributed by atoms with E-state index < -0.39 is 0 Å². The minimum absolute atomic E-state index is 0. The second kappa shape index (κ2) is 11.7. The molecule has 0 saturated carbocycles. The van der Waals surface area contributed by atoms with Crippen LogP contribution in [0.15, 0.2) is 4.99 Å². The van der Waals surface area contributed by atoms with Crippen molar-refractivity contribution in [1.29, 1.82) is 0 Å². The van der Waals surface area contributed by atoms with Crippen molar-refractivity contribution in [2.24, 2.45) is 4.99 Å². The Labute approximate surface area is 177 Å². The lowest BCUT2D eigenvalue weighted by Gasteiger charge is -2.42. The Morgan fingerprint density at radius 3 is 2.38 bits per heavy atom. The van der Waals surface area contributed by atoms with Crippen LogP contribution in [0, 0.1) is 0 Å². The number of nitrogens with one attached hydrogen (secondary N) is 1. The van der Waals surface area contributed by atoms with E-state index in [4.69, 9.17) is 9.73 Å². The second-order valence-corrected chi connectivity index (χ2v) is 7.51. The van der Waals surface area contributed by atoms with E-state index in [1.807, 2.05) is 0 Å². The van der Waals surface area contributed by atoms with Crippen LogP contribution in [0.5, 0.6) is 0 Å². The molecule has 7 heteroatoms. The Morgan fingerprint density at radius 1 is 1.19 bits per heavy atom. The predicted molar refractivity (Wildman–Crippen MR) is 121 cm³/mol. The zero-order valence-electron chi connectivity index (χ0n) is 17.5. The Bertz CT molecular complexity index is 422. The van der Waals surface area contributed by atoms with Crippen LogP contribution in [-0.2, 0) is 4.74 Å². The summed E-state index contributed by atoms with van der Waals surface area (Å²) in [5.41, 5.74) is 0.136. The lowest BCUT2D eigenvalue weighted by molar-refractivity contribution is -0.00263. The number of likely N-dealkylation sites (tertiary alicyclic amines) is 1. The first-order valence-corrected chi connectivity index (χ1v) is 10.1. The zero-order valence-corrected chi connectivity index (χ0v) is 19.8. The lowest BCUT2D eigenvalue weighted by Crippen LogP contribution is -2.52. The van der Waals surface area contributed by atoms with E-state index in [2.05, 4.69) is 54.9 Å². The average molecular weight is 481 g/mol. The van der Waals surface area contributed by atoms with Crippen LogP contribution in [0.4, 0.5) is 0 Å². The molecule has 2 fully saturated rings. The summed E-state index contributed by atoms with van der Waals surface area (Å²) in [4.78, 5) is 12.5. The van der Waals surface area contributed by atoms with Gasteiger partial charge in [0.25, 0.3) is 0 Å². The summed E-state index contributed by atoms with van der Waals surface area (Å²) in [5, 5.41) is 3.52. The number of ether oxygens (including phenoxy) is 1. The van der Waals surface area contributed by atoms with Crippen LogP contribution in [0.1, 0.15) is 40.0 Å². The molecule has 2 aliphatic rings. The summed E-state index contributed by atoms with van der Waals surface area (Å²) >= 11 is 0. The van der Waals surface area contributed by atoms with Gasteiger partial charge in [0.15, 0.2) is 5.96 Å². The van der Waals surface area contributed by atoms with Gasteiger partial charge in [-0.3, -0.25) is 9.89 Å². The van der Waals surface area contributed by atoms with E-state index in [-0.39, 0.29) is 29.5 Å². The highest BCUT2D eigenvalue weighted by molar-refractivity contribution is 14.0. The summed E-state index contributed by atoms with van der Waals surface area (Å²) in [6.07, 6.45) is 3.36. The molecule has 2 saturated heterocycles. The highest BCUT2D eigenvalue weighted by Crippen LogP contribution is 2.26. The van der Waals surface area contributed by atoms with E-state index in [0.29, 0.717) is 6.04 Å². The number of aliphatic imine (C=N–C) groups is 1. The first kappa shape index (κ1) is 23.9. The van der Waals surface area contributed by atoms with Gasteiger partial charge in [-0.25, -0.2) is 0 Å². The standard InChI is InChI=1S/C19H39N5O.HI/c1-6-20-18(24-12-9-17(15-24)23(7-2)8-3)21-16-19(22(4)5)10-13-25-14-11-19;/h17H,6-16H2,1-5H3,(H,20,21);1H. The van der Waals surface area contributed by atoms with Crippen LogP contribution in [-0.4, -0.2) is 98.8 Å². The number of guanidine groups is 1. The summed E-state index contributed by atoms with van der Waals surface area (Å²) < 4.78 is 5.59. The number of nitrogens with zero attached hydrogens (tertiary/aromatic N) is 4. The van der Waals surface area contributed by atoms with Gasteiger partial charge in [-0.2, -0.15) is 0 Å². The number of hydrogen-bond acceptors (Lipinski definition) is 4. The van der Waals surface area contributed by atoms with Gasteiger partial charge in [-0.05, 0) is 53.4 Å². The quantitative estimate of drug-likeness (QED) is 0.343. The first-order valence-electron chi connectivity index (χ1n) is 10.1. The largest absolute Gasteiger partial charge is 0.381 e. The fourth-order valence-corrected chi connectivity index (χ4v) is 4.12. The third kappa shape index (κ3) is 5.94. The maximum absolute atomic E-state index is 5.59.